The molecule has 0 amide bonds. The third kappa shape index (κ3) is 4.35. The van der Waals surface area contributed by atoms with Gasteiger partial charge < -0.3 is 5.32 Å². The summed E-state index contributed by atoms with van der Waals surface area (Å²) < 4.78 is 0. The minimum Gasteiger partial charge on any atom is -0.378 e. The van der Waals surface area contributed by atoms with Gasteiger partial charge in [-0.25, -0.2) is 0 Å². The van der Waals surface area contributed by atoms with E-state index in [4.69, 9.17) is 0 Å². The van der Waals surface area contributed by atoms with Gasteiger partial charge in [0.05, 0.1) is 6.04 Å². The summed E-state index contributed by atoms with van der Waals surface area (Å²) in [7, 11) is 0. The molecule has 0 heterocycles. The molecule has 2 aromatic rings. The Morgan fingerprint density at radius 1 is 0.810 bits per heavy atom. The van der Waals surface area contributed by atoms with Crippen LogP contribution in [0, 0.1) is 0 Å². The van der Waals surface area contributed by atoms with Crippen molar-refractivity contribution in [1.29, 1.82) is 0 Å². The molecule has 0 saturated carbocycles. The average Bonchev–Trinajstić information content (AvgIpc) is 2.54. The SMILES string of the molecule is CCCc1ccc(NC(CC)c2ccc(CC)cc2)cc1. The van der Waals surface area contributed by atoms with Gasteiger partial charge in [-0.15, -0.1) is 0 Å². The minimum atomic E-state index is 0.382. The highest BCUT2D eigenvalue weighted by Gasteiger charge is 2.08. The van der Waals surface area contributed by atoms with Gasteiger partial charge >= 0.3 is 0 Å². The quantitative estimate of drug-likeness (QED) is 0.680. The van der Waals surface area contributed by atoms with Gasteiger partial charge in [0.15, 0.2) is 0 Å². The molecule has 0 bridgehead atoms. The fourth-order valence-corrected chi connectivity index (χ4v) is 2.66. The Hall–Kier alpha value is -1.76. The van der Waals surface area contributed by atoms with Gasteiger partial charge in [0, 0.05) is 5.69 Å². The topological polar surface area (TPSA) is 12.0 Å². The molecule has 1 unspecified atom stereocenters. The molecular formula is C20H27N. The second-order valence-corrected chi connectivity index (χ2v) is 5.65. The predicted molar refractivity (Wildman–Crippen MR) is 92.9 cm³/mol. The lowest BCUT2D eigenvalue weighted by Crippen LogP contribution is -2.09. The highest BCUT2D eigenvalue weighted by molar-refractivity contribution is 5.47. The summed E-state index contributed by atoms with van der Waals surface area (Å²) in [5, 5.41) is 3.65. The summed E-state index contributed by atoms with van der Waals surface area (Å²) >= 11 is 0. The fraction of sp³-hybridized carbons (Fsp3) is 0.400. The van der Waals surface area contributed by atoms with Crippen LogP contribution in [-0.2, 0) is 12.8 Å². The first-order valence-corrected chi connectivity index (χ1v) is 8.21. The molecule has 2 rings (SSSR count). The molecule has 0 aliphatic heterocycles. The molecule has 2 aromatic carbocycles. The van der Waals surface area contributed by atoms with Gasteiger partial charge in [0.2, 0.25) is 0 Å². The van der Waals surface area contributed by atoms with Crippen LogP contribution < -0.4 is 5.32 Å². The van der Waals surface area contributed by atoms with Gasteiger partial charge in [-0.1, -0.05) is 63.6 Å². The second-order valence-electron chi connectivity index (χ2n) is 5.65. The van der Waals surface area contributed by atoms with Crippen molar-refractivity contribution in [2.75, 3.05) is 5.32 Å². The molecule has 0 aromatic heterocycles. The largest absolute Gasteiger partial charge is 0.378 e. The van der Waals surface area contributed by atoms with E-state index in [-0.39, 0.29) is 0 Å². The standard InChI is InChI=1S/C20H27N/c1-4-7-17-10-14-19(15-11-17)21-20(6-3)18-12-8-16(5-2)9-13-18/h8-15,20-21H,4-7H2,1-3H3. The zero-order valence-electron chi connectivity index (χ0n) is 13.5. The van der Waals surface area contributed by atoms with Crippen LogP contribution in [0.5, 0.6) is 0 Å². The molecule has 0 saturated heterocycles. The van der Waals surface area contributed by atoms with Gasteiger partial charge in [-0.05, 0) is 48.1 Å². The van der Waals surface area contributed by atoms with Crippen molar-refractivity contribution in [3.8, 4) is 0 Å². The van der Waals surface area contributed by atoms with Crippen molar-refractivity contribution < 1.29 is 0 Å². The molecule has 1 nitrogen and oxygen atoms in total. The first-order valence-electron chi connectivity index (χ1n) is 8.21. The van der Waals surface area contributed by atoms with Crippen molar-refractivity contribution >= 4 is 5.69 Å². The smallest absolute Gasteiger partial charge is 0.0511 e. The average molecular weight is 281 g/mol. The van der Waals surface area contributed by atoms with Crippen molar-refractivity contribution in [3.63, 3.8) is 0 Å². The van der Waals surface area contributed by atoms with Crippen molar-refractivity contribution in [3.05, 3.63) is 65.2 Å². The summed E-state index contributed by atoms with van der Waals surface area (Å²) in [6.07, 6.45) is 4.55. The van der Waals surface area contributed by atoms with Crippen LogP contribution in [0.2, 0.25) is 0 Å². The Morgan fingerprint density at radius 3 is 1.95 bits per heavy atom. The Kier molecular flexibility index (Phi) is 5.86. The van der Waals surface area contributed by atoms with Crippen LogP contribution in [-0.4, -0.2) is 0 Å². The number of benzene rings is 2. The molecule has 0 radical (unpaired) electrons. The maximum Gasteiger partial charge on any atom is 0.0511 e. The predicted octanol–water partition coefficient (Wildman–Crippen LogP) is 5.76. The van der Waals surface area contributed by atoms with Gasteiger partial charge in [-0.2, -0.15) is 0 Å². The van der Waals surface area contributed by atoms with Crippen LogP contribution in [0.3, 0.4) is 0 Å². The normalized spacial score (nSPS) is 12.1. The minimum absolute atomic E-state index is 0.382. The van der Waals surface area contributed by atoms with E-state index >= 15 is 0 Å². The third-order valence-electron chi connectivity index (χ3n) is 4.03. The van der Waals surface area contributed by atoms with E-state index in [2.05, 4.69) is 74.6 Å². The maximum absolute atomic E-state index is 3.65. The van der Waals surface area contributed by atoms with Crippen molar-refractivity contribution in [2.45, 2.75) is 52.5 Å². The van der Waals surface area contributed by atoms with E-state index in [9.17, 15) is 0 Å². The summed E-state index contributed by atoms with van der Waals surface area (Å²) in [6.45, 7) is 6.65. The first kappa shape index (κ1) is 15.6. The molecule has 0 spiro atoms. The van der Waals surface area contributed by atoms with E-state index in [1.807, 2.05) is 0 Å². The van der Waals surface area contributed by atoms with Crippen LogP contribution >= 0.6 is 0 Å². The number of hydrogen-bond acceptors (Lipinski definition) is 1. The summed E-state index contributed by atoms with van der Waals surface area (Å²) in [5.41, 5.74) is 5.40. The lowest BCUT2D eigenvalue weighted by atomic mass is 10.0. The number of rotatable bonds is 7. The van der Waals surface area contributed by atoms with Crippen molar-refractivity contribution in [1.82, 2.24) is 0 Å². The lowest BCUT2D eigenvalue weighted by Gasteiger charge is -2.19. The van der Waals surface area contributed by atoms with E-state index in [0.29, 0.717) is 6.04 Å². The van der Waals surface area contributed by atoms with E-state index in [1.54, 1.807) is 0 Å². The number of hydrogen-bond donors (Lipinski definition) is 1. The second kappa shape index (κ2) is 7.87. The molecule has 0 aliphatic carbocycles. The van der Waals surface area contributed by atoms with Gasteiger partial charge in [0.1, 0.15) is 0 Å². The summed E-state index contributed by atoms with van der Waals surface area (Å²) in [6, 6.07) is 18.2. The first-order chi connectivity index (χ1) is 10.3. The summed E-state index contributed by atoms with van der Waals surface area (Å²) in [5.74, 6) is 0. The number of aryl methyl sites for hydroxylation is 2. The highest BCUT2D eigenvalue weighted by atomic mass is 14.9. The maximum atomic E-state index is 3.65. The molecule has 1 atom stereocenters. The van der Waals surface area contributed by atoms with E-state index in [0.717, 1.165) is 19.3 Å². The van der Waals surface area contributed by atoms with E-state index < -0.39 is 0 Å². The highest BCUT2D eigenvalue weighted by Crippen LogP contribution is 2.23. The van der Waals surface area contributed by atoms with Crippen LogP contribution in [0.15, 0.2) is 48.5 Å². The lowest BCUT2D eigenvalue weighted by molar-refractivity contribution is 0.748. The third-order valence-corrected chi connectivity index (χ3v) is 4.03. The zero-order chi connectivity index (χ0) is 15.1. The number of anilines is 1. The van der Waals surface area contributed by atoms with Crippen molar-refractivity contribution in [2.24, 2.45) is 0 Å². The molecule has 21 heavy (non-hydrogen) atoms. The Balaban J connectivity index is 2.06. The molecule has 0 fully saturated rings. The van der Waals surface area contributed by atoms with Crippen LogP contribution in [0.1, 0.15) is 56.3 Å². The Morgan fingerprint density at radius 2 is 1.43 bits per heavy atom. The molecule has 1 N–H and O–H groups in total. The Bertz CT molecular complexity index is 525. The van der Waals surface area contributed by atoms with Crippen LogP contribution in [0.25, 0.3) is 0 Å². The summed E-state index contributed by atoms with van der Waals surface area (Å²) in [4.78, 5) is 0. The molecule has 1 heteroatoms. The fourth-order valence-electron chi connectivity index (χ4n) is 2.66. The van der Waals surface area contributed by atoms with Gasteiger partial charge in [-0.3, -0.25) is 0 Å². The molecular weight excluding hydrogens is 254 g/mol. The molecule has 0 aliphatic rings. The van der Waals surface area contributed by atoms with E-state index in [1.165, 1.54) is 28.8 Å². The monoisotopic (exact) mass is 281 g/mol. The molecule has 112 valence electrons. The Labute approximate surface area is 129 Å². The number of nitrogens with one attached hydrogen (secondary N) is 1. The van der Waals surface area contributed by atoms with Gasteiger partial charge in [0.25, 0.3) is 0 Å². The zero-order valence-corrected chi connectivity index (χ0v) is 13.5. The van der Waals surface area contributed by atoms with Crippen LogP contribution in [0.4, 0.5) is 5.69 Å².